The van der Waals surface area contributed by atoms with Crippen molar-refractivity contribution in [1.82, 2.24) is 9.78 Å². The van der Waals surface area contributed by atoms with Gasteiger partial charge in [0.2, 0.25) is 0 Å². The fourth-order valence-corrected chi connectivity index (χ4v) is 2.03. The SMILES string of the molecule is COc1cc(CCN)ccc1OCCc1cnn(C)c1. The van der Waals surface area contributed by atoms with Crippen LogP contribution in [0.4, 0.5) is 0 Å². The van der Waals surface area contributed by atoms with Crippen LogP contribution in [0.3, 0.4) is 0 Å². The van der Waals surface area contributed by atoms with Crippen LogP contribution >= 0.6 is 0 Å². The highest BCUT2D eigenvalue weighted by molar-refractivity contribution is 5.43. The minimum atomic E-state index is 0.596. The average molecular weight is 275 g/mol. The van der Waals surface area contributed by atoms with Gasteiger partial charge in [0.05, 0.1) is 19.9 Å². The van der Waals surface area contributed by atoms with Gasteiger partial charge in [0, 0.05) is 19.7 Å². The van der Waals surface area contributed by atoms with E-state index in [1.54, 1.807) is 11.8 Å². The maximum atomic E-state index is 5.78. The van der Waals surface area contributed by atoms with Crippen molar-refractivity contribution in [1.29, 1.82) is 0 Å². The van der Waals surface area contributed by atoms with Crippen molar-refractivity contribution in [3.63, 3.8) is 0 Å². The number of methoxy groups -OCH3 is 1. The minimum Gasteiger partial charge on any atom is -0.493 e. The van der Waals surface area contributed by atoms with Crippen LogP contribution in [0, 0.1) is 0 Å². The third kappa shape index (κ3) is 3.74. The van der Waals surface area contributed by atoms with E-state index in [4.69, 9.17) is 15.2 Å². The van der Waals surface area contributed by atoms with Crippen LogP contribution in [0.1, 0.15) is 11.1 Å². The van der Waals surface area contributed by atoms with Crippen LogP contribution < -0.4 is 15.2 Å². The molecule has 0 aliphatic rings. The molecule has 1 aromatic carbocycles. The van der Waals surface area contributed by atoms with Gasteiger partial charge in [-0.1, -0.05) is 6.07 Å². The van der Waals surface area contributed by atoms with Crippen LogP contribution in [0.15, 0.2) is 30.6 Å². The third-order valence-corrected chi connectivity index (χ3v) is 3.07. The summed E-state index contributed by atoms with van der Waals surface area (Å²) in [5, 5.41) is 4.13. The molecular formula is C15H21N3O2. The Morgan fingerprint density at radius 3 is 2.70 bits per heavy atom. The van der Waals surface area contributed by atoms with E-state index in [2.05, 4.69) is 5.10 Å². The van der Waals surface area contributed by atoms with E-state index in [1.165, 1.54) is 0 Å². The molecule has 0 amide bonds. The Kier molecular flexibility index (Phi) is 5.01. The predicted molar refractivity (Wildman–Crippen MR) is 78.2 cm³/mol. The van der Waals surface area contributed by atoms with Crippen LogP contribution in [-0.4, -0.2) is 30.0 Å². The van der Waals surface area contributed by atoms with Crippen molar-refractivity contribution < 1.29 is 9.47 Å². The van der Waals surface area contributed by atoms with E-state index in [9.17, 15) is 0 Å². The molecule has 0 saturated carbocycles. The lowest BCUT2D eigenvalue weighted by Crippen LogP contribution is -2.05. The first-order chi connectivity index (χ1) is 9.72. The Morgan fingerprint density at radius 2 is 2.05 bits per heavy atom. The van der Waals surface area contributed by atoms with Crippen LogP contribution in [-0.2, 0) is 19.9 Å². The van der Waals surface area contributed by atoms with E-state index >= 15 is 0 Å². The molecule has 5 nitrogen and oxygen atoms in total. The summed E-state index contributed by atoms with van der Waals surface area (Å²) >= 11 is 0. The Bertz CT molecular complexity index is 552. The molecule has 5 heteroatoms. The van der Waals surface area contributed by atoms with Crippen molar-refractivity contribution in [2.24, 2.45) is 12.8 Å². The quantitative estimate of drug-likeness (QED) is 0.833. The zero-order chi connectivity index (χ0) is 14.4. The summed E-state index contributed by atoms with van der Waals surface area (Å²) in [7, 11) is 3.55. The molecule has 20 heavy (non-hydrogen) atoms. The molecule has 1 heterocycles. The molecule has 0 bridgehead atoms. The van der Waals surface area contributed by atoms with E-state index in [-0.39, 0.29) is 0 Å². The van der Waals surface area contributed by atoms with Crippen molar-refractivity contribution in [2.75, 3.05) is 20.3 Å². The van der Waals surface area contributed by atoms with Gasteiger partial charge in [-0.05, 0) is 36.2 Å². The van der Waals surface area contributed by atoms with E-state index < -0.39 is 0 Å². The number of benzene rings is 1. The van der Waals surface area contributed by atoms with Crippen LogP contribution in [0.25, 0.3) is 0 Å². The monoisotopic (exact) mass is 275 g/mol. The highest BCUT2D eigenvalue weighted by Gasteiger charge is 2.06. The molecule has 0 saturated heterocycles. The smallest absolute Gasteiger partial charge is 0.161 e. The summed E-state index contributed by atoms with van der Waals surface area (Å²) < 4.78 is 12.9. The second-order valence-electron chi connectivity index (χ2n) is 4.64. The zero-order valence-electron chi connectivity index (χ0n) is 12.0. The molecule has 2 aromatic rings. The second kappa shape index (κ2) is 6.96. The summed E-state index contributed by atoms with van der Waals surface area (Å²) in [6, 6.07) is 5.94. The molecule has 1 aromatic heterocycles. The molecule has 108 valence electrons. The van der Waals surface area contributed by atoms with Crippen molar-refractivity contribution >= 4 is 0 Å². The standard InChI is InChI=1S/C15H21N3O2/c1-18-11-13(10-17-18)6-8-20-14-4-3-12(5-7-16)9-15(14)19-2/h3-4,9-11H,5-8,16H2,1-2H3. The van der Waals surface area contributed by atoms with Gasteiger partial charge in [-0.15, -0.1) is 0 Å². The van der Waals surface area contributed by atoms with Gasteiger partial charge in [-0.2, -0.15) is 5.10 Å². The highest BCUT2D eigenvalue weighted by atomic mass is 16.5. The topological polar surface area (TPSA) is 62.3 Å². The number of aryl methyl sites for hydroxylation is 1. The third-order valence-electron chi connectivity index (χ3n) is 3.07. The maximum absolute atomic E-state index is 5.78. The number of nitrogens with zero attached hydrogens (tertiary/aromatic N) is 2. The largest absolute Gasteiger partial charge is 0.493 e. The summed E-state index contributed by atoms with van der Waals surface area (Å²) in [5.41, 5.74) is 7.87. The van der Waals surface area contributed by atoms with Gasteiger partial charge in [-0.25, -0.2) is 0 Å². The Labute approximate surface area is 119 Å². The lowest BCUT2D eigenvalue weighted by atomic mass is 10.1. The second-order valence-corrected chi connectivity index (χ2v) is 4.64. The number of hydrogen-bond acceptors (Lipinski definition) is 4. The van der Waals surface area contributed by atoms with Crippen molar-refractivity contribution in [2.45, 2.75) is 12.8 Å². The van der Waals surface area contributed by atoms with Gasteiger partial charge in [0.25, 0.3) is 0 Å². The maximum Gasteiger partial charge on any atom is 0.161 e. The lowest BCUT2D eigenvalue weighted by molar-refractivity contribution is 0.297. The predicted octanol–water partition coefficient (Wildman–Crippen LogP) is 1.55. The Morgan fingerprint density at radius 1 is 1.20 bits per heavy atom. The van der Waals surface area contributed by atoms with Gasteiger partial charge in [0.1, 0.15) is 0 Å². The van der Waals surface area contributed by atoms with Crippen molar-refractivity contribution in [3.05, 3.63) is 41.7 Å². The fourth-order valence-electron chi connectivity index (χ4n) is 2.03. The molecule has 0 aliphatic heterocycles. The highest BCUT2D eigenvalue weighted by Crippen LogP contribution is 2.28. The summed E-state index contributed by atoms with van der Waals surface area (Å²) in [5.74, 6) is 1.51. The zero-order valence-corrected chi connectivity index (χ0v) is 12.0. The number of nitrogens with two attached hydrogens (primary N) is 1. The summed E-state index contributed by atoms with van der Waals surface area (Å²) in [6.45, 7) is 1.22. The van der Waals surface area contributed by atoms with Gasteiger partial charge >= 0.3 is 0 Å². The summed E-state index contributed by atoms with van der Waals surface area (Å²) in [6.07, 6.45) is 5.50. The number of ether oxygens (including phenoxy) is 2. The van der Waals surface area contributed by atoms with Crippen LogP contribution in [0.5, 0.6) is 11.5 Å². The molecule has 0 fully saturated rings. The van der Waals surface area contributed by atoms with Gasteiger partial charge < -0.3 is 15.2 Å². The molecule has 0 atom stereocenters. The summed E-state index contributed by atoms with van der Waals surface area (Å²) in [4.78, 5) is 0. The molecule has 2 N–H and O–H groups in total. The number of hydrogen-bond donors (Lipinski definition) is 1. The lowest BCUT2D eigenvalue weighted by Gasteiger charge is -2.11. The van der Waals surface area contributed by atoms with Gasteiger partial charge in [-0.3, -0.25) is 4.68 Å². The Balaban J connectivity index is 1.94. The van der Waals surface area contributed by atoms with E-state index in [0.29, 0.717) is 13.2 Å². The fraction of sp³-hybridized carbons (Fsp3) is 0.400. The van der Waals surface area contributed by atoms with Crippen molar-refractivity contribution in [3.8, 4) is 11.5 Å². The number of rotatable bonds is 7. The normalized spacial score (nSPS) is 10.6. The first-order valence-electron chi connectivity index (χ1n) is 6.70. The molecule has 0 aliphatic carbocycles. The molecule has 0 radical (unpaired) electrons. The minimum absolute atomic E-state index is 0.596. The Hall–Kier alpha value is -2.01. The molecular weight excluding hydrogens is 254 g/mol. The van der Waals surface area contributed by atoms with E-state index in [0.717, 1.165) is 35.5 Å². The van der Waals surface area contributed by atoms with Crippen LogP contribution in [0.2, 0.25) is 0 Å². The first kappa shape index (κ1) is 14.4. The number of aromatic nitrogens is 2. The molecule has 2 rings (SSSR count). The first-order valence-corrected chi connectivity index (χ1v) is 6.70. The average Bonchev–Trinajstić information content (AvgIpc) is 2.86. The molecule has 0 unspecified atom stereocenters. The molecule has 0 spiro atoms. The van der Waals surface area contributed by atoms with E-state index in [1.807, 2.05) is 37.6 Å². The van der Waals surface area contributed by atoms with Gasteiger partial charge in [0.15, 0.2) is 11.5 Å².